The van der Waals surface area contributed by atoms with Crippen LogP contribution in [0.1, 0.15) is 58.3 Å². The van der Waals surface area contributed by atoms with Crippen LogP contribution in [0.3, 0.4) is 0 Å². The van der Waals surface area contributed by atoms with Gasteiger partial charge in [0.15, 0.2) is 0 Å². The van der Waals surface area contributed by atoms with Crippen LogP contribution in [-0.4, -0.2) is 77.6 Å². The van der Waals surface area contributed by atoms with Crippen LogP contribution in [-0.2, 0) is 19.1 Å². The van der Waals surface area contributed by atoms with E-state index in [-0.39, 0.29) is 31.4 Å². The maximum atomic E-state index is 13.8. The fourth-order valence-corrected chi connectivity index (χ4v) is 5.28. The number of carbonyl (C=O) groups is 4. The topological polar surface area (TPSA) is 122 Å². The third-order valence-electron chi connectivity index (χ3n) is 6.98. The number of amides is 5. The summed E-state index contributed by atoms with van der Waals surface area (Å²) in [5.41, 5.74) is 0. The number of urea groups is 1. The highest BCUT2D eigenvalue weighted by atomic mass is 16.6. The Hall–Kier alpha value is -2.04. The second-order valence-electron chi connectivity index (χ2n) is 9.05. The molecule has 0 aromatic rings. The lowest BCUT2D eigenvalue weighted by Crippen LogP contribution is -2.65. The maximum absolute atomic E-state index is 13.8. The first-order chi connectivity index (χ1) is 14.9. The lowest BCUT2D eigenvalue weighted by atomic mass is 9.91. The number of nitrogens with zero attached hydrogens (tertiary/aromatic N) is 2. The smallest absolute Gasteiger partial charge is 0.433 e. The third kappa shape index (κ3) is 5.42. The molecule has 4 atom stereocenters. The summed E-state index contributed by atoms with van der Waals surface area (Å²) in [7, 11) is 0. The van der Waals surface area contributed by atoms with Gasteiger partial charge in [-0.3, -0.25) is 10.0 Å². The predicted octanol–water partition coefficient (Wildman–Crippen LogP) is 2.19. The van der Waals surface area contributed by atoms with Crippen molar-refractivity contribution in [1.82, 2.24) is 10.4 Å². The van der Waals surface area contributed by atoms with Crippen molar-refractivity contribution < 1.29 is 38.3 Å². The standard InChI is InChI=1S/C21H33N3O7/c1-15-5-4-9-24(15,20(27)22-21(28)31-18-8-10-30-13-18)19(26)17(12-23(29)14-25)11-16-6-2-3-7-16/h14-18,29H,2-13H2,1H3/p+1/t15-,17-,18+,24?/m1/s1. The zero-order chi connectivity index (χ0) is 22.4. The number of likely N-dealkylation sites (tertiary alicyclic amines) is 1. The molecule has 2 N–H and O–H groups in total. The fourth-order valence-electron chi connectivity index (χ4n) is 5.28. The first-order valence-electron chi connectivity index (χ1n) is 11.3. The van der Waals surface area contributed by atoms with E-state index >= 15 is 0 Å². The number of carbonyl (C=O) groups excluding carboxylic acids is 4. The van der Waals surface area contributed by atoms with Crippen molar-refractivity contribution >= 4 is 24.4 Å². The number of hydrogen-bond donors (Lipinski definition) is 2. The van der Waals surface area contributed by atoms with Gasteiger partial charge in [-0.25, -0.2) is 24.8 Å². The van der Waals surface area contributed by atoms with E-state index in [2.05, 4.69) is 5.32 Å². The van der Waals surface area contributed by atoms with Gasteiger partial charge in [-0.1, -0.05) is 25.7 Å². The van der Waals surface area contributed by atoms with E-state index in [0.29, 0.717) is 49.9 Å². The number of imide groups is 2. The van der Waals surface area contributed by atoms with Crippen molar-refractivity contribution in [3.05, 3.63) is 0 Å². The number of rotatable bonds is 7. The lowest BCUT2D eigenvalue weighted by Gasteiger charge is -2.36. The second-order valence-corrected chi connectivity index (χ2v) is 9.05. The van der Waals surface area contributed by atoms with Gasteiger partial charge in [-0.15, -0.1) is 0 Å². The van der Waals surface area contributed by atoms with Gasteiger partial charge < -0.3 is 9.47 Å². The molecule has 2 aliphatic heterocycles. The van der Waals surface area contributed by atoms with Gasteiger partial charge in [0, 0.05) is 19.3 Å². The summed E-state index contributed by atoms with van der Waals surface area (Å²) < 4.78 is 9.90. The largest absolute Gasteiger partial charge is 0.443 e. The molecule has 0 radical (unpaired) electrons. The molecule has 0 aromatic carbocycles. The van der Waals surface area contributed by atoms with Crippen molar-refractivity contribution in [1.29, 1.82) is 0 Å². The van der Waals surface area contributed by atoms with E-state index in [9.17, 15) is 24.4 Å². The Morgan fingerprint density at radius 1 is 1.23 bits per heavy atom. The van der Waals surface area contributed by atoms with Crippen LogP contribution in [0.15, 0.2) is 0 Å². The number of hydroxylamine groups is 2. The summed E-state index contributed by atoms with van der Waals surface area (Å²) in [5, 5.41) is 12.5. The SMILES string of the molecule is C[C@@H]1CCC[N+]1(C(=O)NC(=O)O[C@H]1CCOC1)C(=O)[C@H](CC1CCCC1)CN(O)C=O. The Morgan fingerprint density at radius 2 is 1.97 bits per heavy atom. The van der Waals surface area contributed by atoms with E-state index in [1.165, 1.54) is 0 Å². The van der Waals surface area contributed by atoms with E-state index in [1.807, 2.05) is 6.92 Å². The molecule has 10 nitrogen and oxygen atoms in total. The highest BCUT2D eigenvalue weighted by molar-refractivity contribution is 5.93. The molecule has 0 spiro atoms. The summed E-state index contributed by atoms with van der Waals surface area (Å²) in [4.78, 5) is 50.3. The molecule has 1 unspecified atom stereocenters. The fraction of sp³-hybridized carbons (Fsp3) is 0.810. The van der Waals surface area contributed by atoms with Crippen molar-refractivity contribution in [3.63, 3.8) is 0 Å². The van der Waals surface area contributed by atoms with Gasteiger partial charge in [0.05, 0.1) is 32.2 Å². The lowest BCUT2D eigenvalue weighted by molar-refractivity contribution is -0.786. The molecule has 2 saturated heterocycles. The molecular weight excluding hydrogens is 406 g/mol. The van der Waals surface area contributed by atoms with Gasteiger partial charge in [0.1, 0.15) is 12.1 Å². The molecule has 174 valence electrons. The minimum absolute atomic E-state index is 0.164. The van der Waals surface area contributed by atoms with Crippen LogP contribution in [0.4, 0.5) is 9.59 Å². The minimum Gasteiger partial charge on any atom is -0.443 e. The van der Waals surface area contributed by atoms with Gasteiger partial charge >= 0.3 is 18.0 Å². The van der Waals surface area contributed by atoms with Gasteiger partial charge in [-0.2, -0.15) is 4.48 Å². The highest BCUT2D eigenvalue weighted by Crippen LogP contribution is 2.35. The van der Waals surface area contributed by atoms with Crippen LogP contribution < -0.4 is 5.32 Å². The molecule has 3 aliphatic rings. The second kappa shape index (κ2) is 10.5. The van der Waals surface area contributed by atoms with Crippen LogP contribution in [0.25, 0.3) is 0 Å². The Morgan fingerprint density at radius 3 is 2.55 bits per heavy atom. The normalized spacial score (nSPS) is 29.5. The number of ether oxygens (including phenoxy) is 2. The van der Waals surface area contributed by atoms with Crippen molar-refractivity contribution in [2.24, 2.45) is 11.8 Å². The summed E-state index contributed by atoms with van der Waals surface area (Å²) >= 11 is 0. The van der Waals surface area contributed by atoms with Crippen molar-refractivity contribution in [3.8, 4) is 0 Å². The predicted molar refractivity (Wildman–Crippen MR) is 108 cm³/mol. The monoisotopic (exact) mass is 440 g/mol. The van der Waals surface area contributed by atoms with Crippen LogP contribution >= 0.6 is 0 Å². The molecule has 0 aromatic heterocycles. The van der Waals surface area contributed by atoms with E-state index in [1.54, 1.807) is 0 Å². The molecule has 31 heavy (non-hydrogen) atoms. The molecule has 3 fully saturated rings. The number of hydrogen-bond acceptors (Lipinski definition) is 7. The third-order valence-corrected chi connectivity index (χ3v) is 6.98. The number of quaternary nitrogens is 1. The van der Waals surface area contributed by atoms with Crippen LogP contribution in [0, 0.1) is 11.8 Å². The molecule has 1 saturated carbocycles. The number of nitrogens with one attached hydrogen (secondary N) is 1. The Balaban J connectivity index is 1.76. The van der Waals surface area contributed by atoms with E-state index in [0.717, 1.165) is 25.7 Å². The summed E-state index contributed by atoms with van der Waals surface area (Å²) in [6.07, 6.45) is 5.57. The molecule has 5 amide bonds. The average Bonchev–Trinajstić information content (AvgIpc) is 3.49. The highest BCUT2D eigenvalue weighted by Gasteiger charge is 2.55. The average molecular weight is 441 g/mol. The first kappa shape index (κ1) is 23.6. The summed E-state index contributed by atoms with van der Waals surface area (Å²) in [6, 6.07) is -1.02. The van der Waals surface area contributed by atoms with Crippen molar-refractivity contribution in [2.75, 3.05) is 26.3 Å². The quantitative estimate of drug-likeness (QED) is 0.269. The van der Waals surface area contributed by atoms with Gasteiger partial charge in [0.2, 0.25) is 6.41 Å². The van der Waals surface area contributed by atoms with E-state index in [4.69, 9.17) is 9.47 Å². The molecule has 10 heteroatoms. The zero-order valence-electron chi connectivity index (χ0n) is 18.2. The number of alkyl carbamates (subject to hydrolysis) is 1. The van der Waals surface area contributed by atoms with Gasteiger partial charge in [-0.05, 0) is 19.3 Å². The van der Waals surface area contributed by atoms with Crippen LogP contribution in [0.2, 0.25) is 0 Å². The molecule has 0 bridgehead atoms. The maximum Gasteiger partial charge on any atom is 0.433 e. The van der Waals surface area contributed by atoms with E-state index < -0.39 is 28.6 Å². The molecule has 1 aliphatic carbocycles. The minimum atomic E-state index is -0.881. The van der Waals surface area contributed by atoms with Crippen molar-refractivity contribution in [2.45, 2.75) is 70.4 Å². The Kier molecular flexibility index (Phi) is 8.01. The summed E-state index contributed by atoms with van der Waals surface area (Å²) in [6.45, 7) is 2.73. The van der Waals surface area contributed by atoms with Crippen LogP contribution in [0.5, 0.6) is 0 Å². The molecular formula is C21H34N3O7+. The van der Waals surface area contributed by atoms with Gasteiger partial charge in [0.25, 0.3) is 0 Å². The summed E-state index contributed by atoms with van der Waals surface area (Å²) in [5.74, 6) is -0.724. The molecule has 3 rings (SSSR count). The zero-order valence-corrected chi connectivity index (χ0v) is 18.2. The first-order valence-corrected chi connectivity index (χ1v) is 11.3. The molecule has 2 heterocycles. The Bertz CT molecular complexity index is 676. The Labute approximate surface area is 182 Å².